The van der Waals surface area contributed by atoms with Crippen molar-refractivity contribution in [1.29, 1.82) is 0 Å². The zero-order chi connectivity index (χ0) is 15.3. The molecule has 1 aliphatic carbocycles. The lowest BCUT2D eigenvalue weighted by atomic mass is 9.77. The van der Waals surface area contributed by atoms with E-state index < -0.39 is 17.5 Å². The number of aliphatic carboxylic acids is 1. The van der Waals surface area contributed by atoms with Gasteiger partial charge in [-0.05, 0) is 43.4 Å². The van der Waals surface area contributed by atoms with Crippen LogP contribution in [0.25, 0.3) is 0 Å². The number of nitrogens with one attached hydrogen (secondary N) is 2. The van der Waals surface area contributed by atoms with Crippen LogP contribution in [0.1, 0.15) is 24.8 Å². The average Bonchev–Trinajstić information content (AvgIpc) is 2.43. The number of carbonyl (C=O) groups excluding carboxylic acids is 1. The van der Waals surface area contributed by atoms with E-state index in [1.165, 1.54) is 0 Å². The van der Waals surface area contributed by atoms with E-state index in [1.807, 2.05) is 24.3 Å². The van der Waals surface area contributed by atoms with Crippen molar-refractivity contribution in [2.24, 2.45) is 0 Å². The Morgan fingerprint density at radius 2 is 1.95 bits per heavy atom. The van der Waals surface area contributed by atoms with Crippen LogP contribution < -0.4 is 15.4 Å². The van der Waals surface area contributed by atoms with Crippen molar-refractivity contribution >= 4 is 12.0 Å². The highest BCUT2D eigenvalue weighted by molar-refractivity contribution is 5.87. The van der Waals surface area contributed by atoms with Crippen molar-refractivity contribution in [3.63, 3.8) is 0 Å². The minimum Gasteiger partial charge on any atom is -0.497 e. The molecule has 0 aliphatic heterocycles. The molecule has 1 aromatic carbocycles. The topological polar surface area (TPSA) is 87.7 Å². The smallest absolute Gasteiger partial charge is 0.329 e. The number of carbonyl (C=O) groups is 2. The molecule has 0 atom stereocenters. The largest absolute Gasteiger partial charge is 0.497 e. The van der Waals surface area contributed by atoms with E-state index in [0.29, 0.717) is 25.8 Å². The first-order valence-corrected chi connectivity index (χ1v) is 6.98. The zero-order valence-corrected chi connectivity index (χ0v) is 12.0. The molecule has 0 unspecified atom stereocenters. The Kier molecular flexibility index (Phi) is 4.67. The lowest BCUT2D eigenvalue weighted by Crippen LogP contribution is -2.61. The van der Waals surface area contributed by atoms with Crippen LogP contribution in [0.2, 0.25) is 0 Å². The van der Waals surface area contributed by atoms with Crippen LogP contribution in [0.4, 0.5) is 4.79 Å². The monoisotopic (exact) mass is 292 g/mol. The number of carboxylic acid groups (broad SMARTS) is 1. The molecule has 1 aromatic rings. The quantitative estimate of drug-likeness (QED) is 0.742. The third-order valence-corrected chi connectivity index (χ3v) is 3.83. The van der Waals surface area contributed by atoms with E-state index >= 15 is 0 Å². The standard InChI is InChI=1S/C15H20N2O4/c1-21-12-5-3-11(4-6-12)7-10-16-14(20)17-15(13(18)19)8-2-9-15/h3-6H,2,7-10H2,1H3,(H,18,19)(H2,16,17,20). The first kappa shape index (κ1) is 15.2. The van der Waals surface area contributed by atoms with Gasteiger partial charge in [0.15, 0.2) is 0 Å². The fourth-order valence-electron chi connectivity index (χ4n) is 2.30. The maximum absolute atomic E-state index is 11.7. The number of carboxylic acids is 1. The first-order chi connectivity index (χ1) is 10.1. The van der Waals surface area contributed by atoms with Crippen LogP contribution in [0.15, 0.2) is 24.3 Å². The molecule has 21 heavy (non-hydrogen) atoms. The fraction of sp³-hybridized carbons (Fsp3) is 0.467. The molecule has 6 heteroatoms. The summed E-state index contributed by atoms with van der Waals surface area (Å²) >= 11 is 0. The van der Waals surface area contributed by atoms with Gasteiger partial charge >= 0.3 is 12.0 Å². The summed E-state index contributed by atoms with van der Waals surface area (Å²) in [5, 5.41) is 14.4. The third kappa shape index (κ3) is 3.65. The lowest BCUT2D eigenvalue weighted by Gasteiger charge is -2.38. The maximum atomic E-state index is 11.7. The Balaban J connectivity index is 1.75. The predicted molar refractivity (Wildman–Crippen MR) is 77.5 cm³/mol. The second-order valence-electron chi connectivity index (χ2n) is 5.22. The van der Waals surface area contributed by atoms with Gasteiger partial charge < -0.3 is 20.5 Å². The highest BCUT2D eigenvalue weighted by Gasteiger charge is 2.45. The number of urea groups is 1. The molecular formula is C15H20N2O4. The second-order valence-corrected chi connectivity index (χ2v) is 5.22. The van der Waals surface area contributed by atoms with Crippen molar-refractivity contribution in [2.45, 2.75) is 31.2 Å². The summed E-state index contributed by atoms with van der Waals surface area (Å²) < 4.78 is 5.07. The van der Waals surface area contributed by atoms with Crippen molar-refractivity contribution in [3.8, 4) is 5.75 Å². The molecule has 2 amide bonds. The van der Waals surface area contributed by atoms with Gasteiger partial charge in [0.25, 0.3) is 0 Å². The Morgan fingerprint density at radius 1 is 1.29 bits per heavy atom. The number of benzene rings is 1. The van der Waals surface area contributed by atoms with Crippen LogP contribution in [-0.4, -0.2) is 36.3 Å². The fourth-order valence-corrected chi connectivity index (χ4v) is 2.30. The Bertz CT molecular complexity index is 509. The summed E-state index contributed by atoms with van der Waals surface area (Å²) in [6, 6.07) is 7.17. The van der Waals surface area contributed by atoms with E-state index in [-0.39, 0.29) is 0 Å². The third-order valence-electron chi connectivity index (χ3n) is 3.83. The second kappa shape index (κ2) is 6.47. The number of methoxy groups -OCH3 is 1. The Hall–Kier alpha value is -2.24. The van der Waals surface area contributed by atoms with Gasteiger partial charge in [-0.25, -0.2) is 9.59 Å². The average molecular weight is 292 g/mol. The van der Waals surface area contributed by atoms with Crippen LogP contribution >= 0.6 is 0 Å². The van der Waals surface area contributed by atoms with E-state index in [1.54, 1.807) is 7.11 Å². The van der Waals surface area contributed by atoms with Gasteiger partial charge in [-0.15, -0.1) is 0 Å². The zero-order valence-electron chi connectivity index (χ0n) is 12.0. The van der Waals surface area contributed by atoms with Gasteiger partial charge in [0.1, 0.15) is 11.3 Å². The van der Waals surface area contributed by atoms with Gasteiger partial charge in [0, 0.05) is 6.54 Å². The van der Waals surface area contributed by atoms with Crippen molar-refractivity contribution in [2.75, 3.05) is 13.7 Å². The molecule has 0 saturated heterocycles. The van der Waals surface area contributed by atoms with Gasteiger partial charge in [0.05, 0.1) is 7.11 Å². The molecule has 0 bridgehead atoms. The van der Waals surface area contributed by atoms with Crippen molar-refractivity contribution < 1.29 is 19.4 Å². The molecular weight excluding hydrogens is 272 g/mol. The van der Waals surface area contributed by atoms with E-state index in [4.69, 9.17) is 9.84 Å². The maximum Gasteiger partial charge on any atom is 0.329 e. The van der Waals surface area contributed by atoms with Crippen LogP contribution in [0.3, 0.4) is 0 Å². The summed E-state index contributed by atoms with van der Waals surface area (Å²) in [4.78, 5) is 22.9. The molecule has 2 rings (SSSR count). The van der Waals surface area contributed by atoms with E-state index in [0.717, 1.165) is 17.7 Å². The molecule has 114 valence electrons. The van der Waals surface area contributed by atoms with E-state index in [2.05, 4.69) is 10.6 Å². The van der Waals surface area contributed by atoms with Gasteiger partial charge in [-0.2, -0.15) is 0 Å². The lowest BCUT2D eigenvalue weighted by molar-refractivity contribution is -0.148. The summed E-state index contributed by atoms with van der Waals surface area (Å²) in [6.07, 6.45) is 2.50. The summed E-state index contributed by atoms with van der Waals surface area (Å²) in [7, 11) is 1.61. The molecule has 0 spiro atoms. The highest BCUT2D eigenvalue weighted by Crippen LogP contribution is 2.31. The first-order valence-electron chi connectivity index (χ1n) is 6.98. The van der Waals surface area contributed by atoms with Crippen molar-refractivity contribution in [3.05, 3.63) is 29.8 Å². The molecule has 1 aliphatic rings. The molecule has 0 aromatic heterocycles. The Morgan fingerprint density at radius 3 is 2.43 bits per heavy atom. The van der Waals surface area contributed by atoms with Gasteiger partial charge in [-0.1, -0.05) is 12.1 Å². The number of hydrogen-bond donors (Lipinski definition) is 3. The molecule has 0 heterocycles. The minimum atomic E-state index is -1.07. The molecule has 3 N–H and O–H groups in total. The molecule has 6 nitrogen and oxygen atoms in total. The van der Waals surface area contributed by atoms with Gasteiger partial charge in [-0.3, -0.25) is 0 Å². The van der Waals surface area contributed by atoms with E-state index in [9.17, 15) is 9.59 Å². The molecule has 1 saturated carbocycles. The highest BCUT2D eigenvalue weighted by atomic mass is 16.5. The summed E-state index contributed by atoms with van der Waals surface area (Å²) in [5.41, 5.74) is 0.0113. The summed E-state index contributed by atoms with van der Waals surface area (Å²) in [6.45, 7) is 0.452. The van der Waals surface area contributed by atoms with Crippen LogP contribution in [-0.2, 0) is 11.2 Å². The Labute approximate surface area is 123 Å². The SMILES string of the molecule is COc1ccc(CCNC(=O)NC2(C(=O)O)CCC2)cc1. The van der Waals surface area contributed by atoms with Crippen LogP contribution in [0.5, 0.6) is 5.75 Å². The molecule has 1 fully saturated rings. The minimum absolute atomic E-state index is 0.425. The number of ether oxygens (including phenoxy) is 1. The van der Waals surface area contributed by atoms with Crippen molar-refractivity contribution in [1.82, 2.24) is 10.6 Å². The predicted octanol–water partition coefficient (Wildman–Crippen LogP) is 1.54. The summed E-state index contributed by atoms with van der Waals surface area (Å²) in [5.74, 6) is -0.170. The normalized spacial score (nSPS) is 15.7. The van der Waals surface area contributed by atoms with Gasteiger partial charge in [0.2, 0.25) is 0 Å². The van der Waals surface area contributed by atoms with Crippen LogP contribution in [0, 0.1) is 0 Å². The number of rotatable bonds is 6. The molecule has 0 radical (unpaired) electrons. The number of hydrogen-bond acceptors (Lipinski definition) is 3. The number of amides is 2.